The molecule has 1 aromatic heterocycles. The van der Waals surface area contributed by atoms with Crippen LogP contribution in [-0.4, -0.2) is 35.1 Å². The van der Waals surface area contributed by atoms with E-state index in [0.717, 1.165) is 36.8 Å². The number of carbonyl (C=O) groups excluding carboxylic acids is 1. The molecule has 20 heavy (non-hydrogen) atoms. The Labute approximate surface area is 119 Å². The highest BCUT2D eigenvalue weighted by Gasteiger charge is 2.36. The zero-order valence-electron chi connectivity index (χ0n) is 11.8. The zero-order valence-corrected chi connectivity index (χ0v) is 11.8. The van der Waals surface area contributed by atoms with Crippen LogP contribution in [0.4, 0.5) is 0 Å². The molecule has 2 heterocycles. The number of amides is 1. The van der Waals surface area contributed by atoms with Gasteiger partial charge in [-0.2, -0.15) is 0 Å². The average Bonchev–Trinajstić information content (AvgIpc) is 2.89. The van der Waals surface area contributed by atoms with Gasteiger partial charge in [0.15, 0.2) is 0 Å². The van der Waals surface area contributed by atoms with Crippen molar-refractivity contribution in [1.29, 1.82) is 0 Å². The molecule has 0 radical (unpaired) electrons. The summed E-state index contributed by atoms with van der Waals surface area (Å²) in [4.78, 5) is 13.8. The average molecular weight is 275 g/mol. The third kappa shape index (κ3) is 2.66. The smallest absolute Gasteiger partial charge is 0.247 e. The van der Waals surface area contributed by atoms with Crippen LogP contribution in [0.3, 0.4) is 0 Å². The summed E-state index contributed by atoms with van der Waals surface area (Å²) < 4.78 is 5.74. The Morgan fingerprint density at radius 2 is 2.35 bits per heavy atom. The van der Waals surface area contributed by atoms with Crippen molar-refractivity contribution in [1.82, 2.24) is 4.90 Å². The largest absolute Gasteiger partial charge is 0.461 e. The Balaban J connectivity index is 1.61. The summed E-state index contributed by atoms with van der Waals surface area (Å²) in [5.74, 6) is 2.99. The minimum Gasteiger partial charge on any atom is -0.461 e. The van der Waals surface area contributed by atoms with Gasteiger partial charge in [-0.3, -0.25) is 4.79 Å². The summed E-state index contributed by atoms with van der Waals surface area (Å²) >= 11 is 0. The highest BCUT2D eigenvalue weighted by Crippen LogP contribution is 2.47. The molecule has 0 bridgehead atoms. The van der Waals surface area contributed by atoms with E-state index >= 15 is 0 Å². The van der Waals surface area contributed by atoms with Crippen molar-refractivity contribution in [3.63, 3.8) is 0 Å². The predicted octanol–water partition coefficient (Wildman–Crippen LogP) is 2.40. The van der Waals surface area contributed by atoms with Gasteiger partial charge in [0.1, 0.15) is 11.5 Å². The molecule has 1 aliphatic carbocycles. The van der Waals surface area contributed by atoms with E-state index in [4.69, 9.17) is 4.42 Å². The lowest BCUT2D eigenvalue weighted by Gasteiger charge is -2.21. The van der Waals surface area contributed by atoms with Gasteiger partial charge in [0.05, 0.1) is 12.6 Å². The molecule has 1 aliphatic heterocycles. The minimum atomic E-state index is -0.0423. The van der Waals surface area contributed by atoms with Gasteiger partial charge in [-0.25, -0.2) is 0 Å². The summed E-state index contributed by atoms with van der Waals surface area (Å²) in [6.45, 7) is 3.00. The first-order valence-corrected chi connectivity index (χ1v) is 7.38. The highest BCUT2D eigenvalue weighted by atomic mass is 16.3. The molecular weight excluding hydrogens is 254 g/mol. The second-order valence-corrected chi connectivity index (χ2v) is 5.90. The van der Waals surface area contributed by atoms with E-state index in [1.54, 1.807) is 17.1 Å². The molecular formula is C16H21NO3. The maximum Gasteiger partial charge on any atom is 0.247 e. The molecule has 0 spiro atoms. The van der Waals surface area contributed by atoms with Crippen molar-refractivity contribution in [3.8, 4) is 0 Å². The Morgan fingerprint density at radius 1 is 1.55 bits per heavy atom. The van der Waals surface area contributed by atoms with E-state index in [2.05, 4.69) is 6.92 Å². The van der Waals surface area contributed by atoms with Gasteiger partial charge in [0.25, 0.3) is 0 Å². The van der Waals surface area contributed by atoms with E-state index in [0.29, 0.717) is 5.92 Å². The fourth-order valence-electron chi connectivity index (χ4n) is 2.94. The normalized spacial score (nSPS) is 29.3. The SMILES string of the molecule is CC1CC1c1ccc(/C=C/C(=O)N2CCC[C@@H]2CO)o1. The first-order valence-electron chi connectivity index (χ1n) is 7.38. The molecule has 2 unspecified atom stereocenters. The van der Waals surface area contributed by atoms with Gasteiger partial charge in [-0.15, -0.1) is 0 Å². The highest BCUT2D eigenvalue weighted by molar-refractivity contribution is 5.91. The van der Waals surface area contributed by atoms with E-state index in [1.165, 1.54) is 6.42 Å². The van der Waals surface area contributed by atoms with Crippen LogP contribution in [0.25, 0.3) is 6.08 Å². The number of hydrogen-bond donors (Lipinski definition) is 1. The van der Waals surface area contributed by atoms with Crippen molar-refractivity contribution >= 4 is 12.0 Å². The van der Waals surface area contributed by atoms with E-state index in [9.17, 15) is 9.90 Å². The quantitative estimate of drug-likeness (QED) is 0.858. The van der Waals surface area contributed by atoms with Crippen molar-refractivity contribution in [3.05, 3.63) is 29.7 Å². The van der Waals surface area contributed by atoms with E-state index < -0.39 is 0 Å². The molecule has 108 valence electrons. The predicted molar refractivity (Wildman–Crippen MR) is 76.1 cm³/mol. The van der Waals surface area contributed by atoms with Gasteiger partial charge < -0.3 is 14.4 Å². The number of aliphatic hydroxyl groups excluding tert-OH is 1. The first-order chi connectivity index (χ1) is 9.69. The molecule has 1 saturated carbocycles. The lowest BCUT2D eigenvalue weighted by atomic mass is 10.2. The lowest BCUT2D eigenvalue weighted by Crippen LogP contribution is -2.36. The van der Waals surface area contributed by atoms with Crippen LogP contribution in [0.1, 0.15) is 43.6 Å². The molecule has 1 aromatic rings. The molecule has 2 fully saturated rings. The van der Waals surface area contributed by atoms with Gasteiger partial charge in [0.2, 0.25) is 5.91 Å². The maximum atomic E-state index is 12.1. The Morgan fingerprint density at radius 3 is 3.05 bits per heavy atom. The Hall–Kier alpha value is -1.55. The summed E-state index contributed by atoms with van der Waals surface area (Å²) in [6.07, 6.45) is 6.33. The van der Waals surface area contributed by atoms with E-state index in [1.807, 2.05) is 12.1 Å². The molecule has 4 nitrogen and oxygen atoms in total. The molecule has 4 heteroatoms. The van der Waals surface area contributed by atoms with Crippen LogP contribution in [0.2, 0.25) is 0 Å². The molecule has 0 aromatic carbocycles. The van der Waals surface area contributed by atoms with Crippen molar-refractivity contribution in [2.75, 3.05) is 13.2 Å². The first kappa shape index (κ1) is 13.4. The number of nitrogens with zero attached hydrogens (tertiary/aromatic N) is 1. The lowest BCUT2D eigenvalue weighted by molar-refractivity contribution is -0.127. The standard InChI is InChI=1S/C16H21NO3/c1-11-9-14(11)15-6-4-13(20-15)5-7-16(19)17-8-2-3-12(17)10-18/h4-7,11-12,14,18H,2-3,8-10H2,1H3/b7-5+/t11?,12-,14?/m1/s1. The summed E-state index contributed by atoms with van der Waals surface area (Å²) in [5.41, 5.74) is 0. The van der Waals surface area contributed by atoms with Crippen LogP contribution in [0, 0.1) is 5.92 Å². The number of likely N-dealkylation sites (tertiary alicyclic amines) is 1. The van der Waals surface area contributed by atoms with Crippen molar-refractivity contribution in [2.45, 2.75) is 38.1 Å². The zero-order chi connectivity index (χ0) is 14.1. The number of furan rings is 1. The second-order valence-electron chi connectivity index (χ2n) is 5.90. The van der Waals surface area contributed by atoms with Crippen LogP contribution in [0.5, 0.6) is 0 Å². The molecule has 3 atom stereocenters. The summed E-state index contributed by atoms with van der Waals surface area (Å²) in [7, 11) is 0. The number of hydrogen-bond acceptors (Lipinski definition) is 3. The fraction of sp³-hybridized carbons (Fsp3) is 0.562. The Kier molecular flexibility index (Phi) is 3.66. The summed E-state index contributed by atoms with van der Waals surface area (Å²) in [6, 6.07) is 3.90. The maximum absolute atomic E-state index is 12.1. The second kappa shape index (κ2) is 5.44. The third-order valence-corrected chi connectivity index (χ3v) is 4.38. The topological polar surface area (TPSA) is 53.7 Å². The minimum absolute atomic E-state index is 0.0216. The monoisotopic (exact) mass is 275 g/mol. The number of carbonyl (C=O) groups is 1. The molecule has 1 saturated heterocycles. The van der Waals surface area contributed by atoms with Crippen LogP contribution in [-0.2, 0) is 4.79 Å². The molecule has 3 rings (SSSR count). The van der Waals surface area contributed by atoms with Gasteiger partial charge >= 0.3 is 0 Å². The van der Waals surface area contributed by atoms with Crippen LogP contribution < -0.4 is 0 Å². The van der Waals surface area contributed by atoms with Crippen LogP contribution >= 0.6 is 0 Å². The number of rotatable bonds is 4. The fourth-order valence-corrected chi connectivity index (χ4v) is 2.94. The van der Waals surface area contributed by atoms with Crippen molar-refractivity contribution in [2.24, 2.45) is 5.92 Å². The third-order valence-electron chi connectivity index (χ3n) is 4.38. The molecule has 2 aliphatic rings. The van der Waals surface area contributed by atoms with Gasteiger partial charge in [-0.1, -0.05) is 6.92 Å². The molecule has 1 amide bonds. The van der Waals surface area contributed by atoms with E-state index in [-0.39, 0.29) is 18.6 Å². The van der Waals surface area contributed by atoms with Crippen molar-refractivity contribution < 1.29 is 14.3 Å². The Bertz CT molecular complexity index is 520. The molecule has 1 N–H and O–H groups in total. The van der Waals surface area contributed by atoms with Gasteiger partial charge in [-0.05, 0) is 43.4 Å². The van der Waals surface area contributed by atoms with Crippen LogP contribution in [0.15, 0.2) is 22.6 Å². The number of aliphatic hydroxyl groups is 1. The summed E-state index contributed by atoms with van der Waals surface area (Å²) in [5, 5.41) is 9.23. The van der Waals surface area contributed by atoms with Gasteiger partial charge in [0, 0.05) is 18.5 Å².